The van der Waals surface area contributed by atoms with Crippen molar-refractivity contribution >= 4 is 11.9 Å². The molecule has 1 unspecified atom stereocenters. The van der Waals surface area contributed by atoms with Gasteiger partial charge >= 0.3 is 5.97 Å². The van der Waals surface area contributed by atoms with Gasteiger partial charge in [0.1, 0.15) is 5.92 Å². The Bertz CT molecular complexity index is 261. The molecule has 0 aliphatic carbocycles. The van der Waals surface area contributed by atoms with Crippen LogP contribution in [0.3, 0.4) is 0 Å². The molecule has 1 heterocycles. The monoisotopic (exact) mass is 229 g/mol. The predicted molar refractivity (Wildman–Crippen MR) is 58.0 cm³/mol. The van der Waals surface area contributed by atoms with Crippen molar-refractivity contribution in [3.8, 4) is 0 Å². The van der Waals surface area contributed by atoms with E-state index in [-0.39, 0.29) is 11.9 Å². The first-order chi connectivity index (χ1) is 7.57. The number of carbonyl (C=O) groups excluding carboxylic acids is 1. The van der Waals surface area contributed by atoms with Crippen LogP contribution in [0.4, 0.5) is 0 Å². The van der Waals surface area contributed by atoms with Gasteiger partial charge in [0.2, 0.25) is 5.91 Å². The Morgan fingerprint density at radius 2 is 2.00 bits per heavy atom. The van der Waals surface area contributed by atoms with Crippen molar-refractivity contribution in [1.82, 2.24) is 4.90 Å². The number of nitrogens with zero attached hydrogens (tertiary/aromatic N) is 1. The van der Waals surface area contributed by atoms with Gasteiger partial charge in [0.05, 0.1) is 0 Å². The number of carboxylic acids is 1. The summed E-state index contributed by atoms with van der Waals surface area (Å²) < 4.78 is 5.21. The van der Waals surface area contributed by atoms with Crippen molar-refractivity contribution in [2.24, 2.45) is 5.92 Å². The average molecular weight is 229 g/mol. The fourth-order valence-electron chi connectivity index (χ4n) is 1.95. The number of aliphatic carboxylic acids is 1. The van der Waals surface area contributed by atoms with E-state index in [0.29, 0.717) is 19.6 Å². The second kappa shape index (κ2) is 5.84. The van der Waals surface area contributed by atoms with Crippen molar-refractivity contribution in [3.05, 3.63) is 0 Å². The van der Waals surface area contributed by atoms with E-state index in [4.69, 9.17) is 9.84 Å². The molecule has 1 atom stereocenters. The van der Waals surface area contributed by atoms with E-state index in [2.05, 4.69) is 0 Å². The summed E-state index contributed by atoms with van der Waals surface area (Å²) in [7, 11) is 1.68. The van der Waals surface area contributed by atoms with Crippen LogP contribution in [-0.2, 0) is 14.3 Å². The van der Waals surface area contributed by atoms with Crippen LogP contribution in [0.1, 0.15) is 26.2 Å². The molecule has 1 rings (SSSR count). The summed E-state index contributed by atoms with van der Waals surface area (Å²) >= 11 is 0. The van der Waals surface area contributed by atoms with Crippen molar-refractivity contribution in [3.63, 3.8) is 0 Å². The van der Waals surface area contributed by atoms with Crippen LogP contribution in [0.15, 0.2) is 0 Å². The van der Waals surface area contributed by atoms with Crippen molar-refractivity contribution in [2.75, 3.05) is 20.3 Å². The number of carboxylic acid groups (broad SMARTS) is 1. The number of amides is 1. The fraction of sp³-hybridized carbons (Fsp3) is 0.818. The fourth-order valence-corrected chi connectivity index (χ4v) is 1.95. The maximum absolute atomic E-state index is 11.9. The molecule has 0 aromatic carbocycles. The molecule has 0 bridgehead atoms. The molecular formula is C11H19NO4. The zero-order valence-electron chi connectivity index (χ0n) is 9.81. The molecule has 1 aliphatic rings. The van der Waals surface area contributed by atoms with Gasteiger partial charge in [-0.1, -0.05) is 6.92 Å². The van der Waals surface area contributed by atoms with Crippen LogP contribution in [0, 0.1) is 5.92 Å². The average Bonchev–Trinajstić information content (AvgIpc) is 2.29. The lowest BCUT2D eigenvalue weighted by atomic mass is 10.0. The summed E-state index contributed by atoms with van der Waals surface area (Å²) in [5, 5.41) is 8.92. The largest absolute Gasteiger partial charge is 0.481 e. The third-order valence-corrected chi connectivity index (χ3v) is 3.09. The minimum atomic E-state index is -1.04. The Balaban J connectivity index is 2.60. The maximum atomic E-state index is 11.9. The second-order valence-electron chi connectivity index (χ2n) is 4.09. The Morgan fingerprint density at radius 3 is 2.44 bits per heavy atom. The summed E-state index contributed by atoms with van der Waals surface area (Å²) in [6.07, 6.45) is 1.91. The first-order valence-corrected chi connectivity index (χ1v) is 5.65. The van der Waals surface area contributed by atoms with Gasteiger partial charge in [0, 0.05) is 26.3 Å². The summed E-state index contributed by atoms with van der Waals surface area (Å²) in [4.78, 5) is 24.4. The highest BCUT2D eigenvalue weighted by Gasteiger charge is 2.31. The highest BCUT2D eigenvalue weighted by molar-refractivity contribution is 5.96. The minimum absolute atomic E-state index is 0.120. The van der Waals surface area contributed by atoms with Gasteiger partial charge in [-0.2, -0.15) is 0 Å². The topological polar surface area (TPSA) is 66.8 Å². The zero-order chi connectivity index (χ0) is 12.1. The van der Waals surface area contributed by atoms with Crippen LogP contribution < -0.4 is 0 Å². The van der Waals surface area contributed by atoms with Gasteiger partial charge in [-0.25, -0.2) is 0 Å². The molecule has 92 valence electrons. The molecule has 0 aromatic rings. The van der Waals surface area contributed by atoms with Gasteiger partial charge in [-0.3, -0.25) is 9.59 Å². The molecule has 1 fully saturated rings. The first-order valence-electron chi connectivity index (χ1n) is 5.65. The van der Waals surface area contributed by atoms with Gasteiger partial charge in [0.25, 0.3) is 0 Å². The first kappa shape index (κ1) is 13.0. The van der Waals surface area contributed by atoms with E-state index in [0.717, 1.165) is 12.8 Å². The molecule has 1 saturated heterocycles. The Kier molecular flexibility index (Phi) is 4.73. The Hall–Kier alpha value is -1.10. The smallest absolute Gasteiger partial charge is 0.316 e. The molecule has 1 amide bonds. The molecule has 16 heavy (non-hydrogen) atoms. The summed E-state index contributed by atoms with van der Waals surface area (Å²) in [6, 6.07) is 0.120. The summed E-state index contributed by atoms with van der Waals surface area (Å²) in [5.74, 6) is -2.24. The highest BCUT2D eigenvalue weighted by atomic mass is 16.5. The molecular weight excluding hydrogens is 210 g/mol. The highest BCUT2D eigenvalue weighted by Crippen LogP contribution is 2.16. The number of carbonyl (C=O) groups is 2. The van der Waals surface area contributed by atoms with E-state index < -0.39 is 11.9 Å². The quantitative estimate of drug-likeness (QED) is 0.722. The van der Waals surface area contributed by atoms with Gasteiger partial charge < -0.3 is 14.7 Å². The molecule has 0 radical (unpaired) electrons. The Labute approximate surface area is 95.4 Å². The lowest BCUT2D eigenvalue weighted by Gasteiger charge is -2.32. The van der Waals surface area contributed by atoms with Crippen LogP contribution in [0.25, 0.3) is 0 Å². The number of hydrogen-bond acceptors (Lipinski definition) is 3. The third kappa shape index (κ3) is 2.95. The van der Waals surface area contributed by atoms with Crippen molar-refractivity contribution in [1.29, 1.82) is 0 Å². The van der Waals surface area contributed by atoms with Crippen LogP contribution in [-0.4, -0.2) is 48.2 Å². The van der Waals surface area contributed by atoms with E-state index in [1.54, 1.807) is 18.9 Å². The standard InChI is InChI=1S/C11H19NO4/c1-3-9(11(14)15)10(13)12(2)8-4-6-16-7-5-8/h8-9H,3-7H2,1-2H3,(H,14,15). The van der Waals surface area contributed by atoms with Crippen molar-refractivity contribution in [2.45, 2.75) is 32.2 Å². The molecule has 0 saturated carbocycles. The normalized spacial score (nSPS) is 19.1. The summed E-state index contributed by atoms with van der Waals surface area (Å²) in [6.45, 7) is 3.01. The van der Waals surface area contributed by atoms with E-state index in [1.807, 2.05) is 0 Å². The number of ether oxygens (including phenoxy) is 1. The number of hydrogen-bond donors (Lipinski definition) is 1. The van der Waals surface area contributed by atoms with Gasteiger partial charge in [-0.15, -0.1) is 0 Å². The predicted octanol–water partition coefficient (Wildman–Crippen LogP) is 0.735. The molecule has 0 spiro atoms. The lowest BCUT2D eigenvalue weighted by molar-refractivity contribution is -0.152. The zero-order valence-corrected chi connectivity index (χ0v) is 9.81. The SMILES string of the molecule is CCC(C(=O)O)C(=O)N(C)C1CCOCC1. The van der Waals surface area contributed by atoms with Gasteiger partial charge in [0.15, 0.2) is 0 Å². The molecule has 5 heteroatoms. The van der Waals surface area contributed by atoms with Crippen molar-refractivity contribution < 1.29 is 19.4 Å². The maximum Gasteiger partial charge on any atom is 0.316 e. The summed E-state index contributed by atoms with van der Waals surface area (Å²) in [5.41, 5.74) is 0. The molecule has 1 aliphatic heterocycles. The van der Waals surface area contributed by atoms with Crippen LogP contribution in [0.2, 0.25) is 0 Å². The van der Waals surface area contributed by atoms with Gasteiger partial charge in [-0.05, 0) is 19.3 Å². The molecule has 1 N–H and O–H groups in total. The van der Waals surface area contributed by atoms with Crippen LogP contribution >= 0.6 is 0 Å². The molecule has 0 aromatic heterocycles. The van der Waals surface area contributed by atoms with E-state index in [1.165, 1.54) is 0 Å². The third-order valence-electron chi connectivity index (χ3n) is 3.09. The molecule has 5 nitrogen and oxygen atoms in total. The number of rotatable bonds is 4. The van der Waals surface area contributed by atoms with E-state index >= 15 is 0 Å². The Morgan fingerprint density at radius 1 is 1.44 bits per heavy atom. The van der Waals surface area contributed by atoms with Crippen LogP contribution in [0.5, 0.6) is 0 Å². The second-order valence-corrected chi connectivity index (χ2v) is 4.09. The lowest BCUT2D eigenvalue weighted by Crippen LogP contribution is -2.45. The van der Waals surface area contributed by atoms with E-state index in [9.17, 15) is 9.59 Å². The minimum Gasteiger partial charge on any atom is -0.481 e.